The Morgan fingerprint density at radius 1 is 1.20 bits per heavy atom. The average Bonchev–Trinajstić information content (AvgIpc) is 2.82. The zero-order chi connectivity index (χ0) is 10.3. The molecule has 0 aromatic heterocycles. The van der Waals surface area contributed by atoms with Crippen LogP contribution < -0.4 is 0 Å². The van der Waals surface area contributed by atoms with Gasteiger partial charge in [-0.3, -0.25) is 4.90 Å². The van der Waals surface area contributed by atoms with Crippen molar-refractivity contribution in [3.05, 3.63) is 29.3 Å². The SMILES string of the molecule is Oc1ccc2c(c1)CC[C@@H]2N1CCCC1. The maximum absolute atomic E-state index is 9.43. The van der Waals surface area contributed by atoms with Gasteiger partial charge in [-0.2, -0.15) is 0 Å². The summed E-state index contributed by atoms with van der Waals surface area (Å²) in [5, 5.41) is 9.43. The third-order valence-corrected chi connectivity index (χ3v) is 3.75. The van der Waals surface area contributed by atoms with E-state index >= 15 is 0 Å². The van der Waals surface area contributed by atoms with Crippen LogP contribution in [0.25, 0.3) is 0 Å². The molecule has 1 saturated heterocycles. The van der Waals surface area contributed by atoms with Crippen LogP contribution in [-0.4, -0.2) is 23.1 Å². The Balaban J connectivity index is 1.90. The molecule has 1 aliphatic heterocycles. The van der Waals surface area contributed by atoms with Crippen LogP contribution >= 0.6 is 0 Å². The lowest BCUT2D eigenvalue weighted by atomic mass is 10.1. The molecule has 2 nitrogen and oxygen atoms in total. The molecule has 1 aromatic rings. The minimum Gasteiger partial charge on any atom is -0.508 e. The first-order valence-corrected chi connectivity index (χ1v) is 5.90. The molecule has 0 spiro atoms. The van der Waals surface area contributed by atoms with Crippen molar-refractivity contribution in [3.63, 3.8) is 0 Å². The topological polar surface area (TPSA) is 23.5 Å². The molecule has 1 aromatic carbocycles. The number of hydrogen-bond donors (Lipinski definition) is 1. The molecule has 15 heavy (non-hydrogen) atoms. The average molecular weight is 203 g/mol. The first kappa shape index (κ1) is 9.22. The predicted octanol–water partition coefficient (Wildman–Crippen LogP) is 2.48. The molecule has 3 rings (SSSR count). The molecule has 2 heteroatoms. The lowest BCUT2D eigenvalue weighted by Crippen LogP contribution is -2.23. The number of fused-ring (bicyclic) bond motifs is 1. The predicted molar refractivity (Wildman–Crippen MR) is 60.0 cm³/mol. The summed E-state index contributed by atoms with van der Waals surface area (Å²) in [6.45, 7) is 2.51. The van der Waals surface area contributed by atoms with E-state index in [1.54, 1.807) is 0 Å². The summed E-state index contributed by atoms with van der Waals surface area (Å²) in [5.74, 6) is 0.413. The fourth-order valence-electron chi connectivity index (χ4n) is 3.01. The van der Waals surface area contributed by atoms with E-state index in [1.807, 2.05) is 12.1 Å². The highest BCUT2D eigenvalue weighted by Crippen LogP contribution is 2.38. The highest BCUT2D eigenvalue weighted by Gasteiger charge is 2.29. The Morgan fingerprint density at radius 2 is 2.00 bits per heavy atom. The van der Waals surface area contributed by atoms with Crippen LogP contribution in [0.1, 0.15) is 36.4 Å². The molecule has 0 saturated carbocycles. The van der Waals surface area contributed by atoms with Gasteiger partial charge in [-0.25, -0.2) is 0 Å². The van der Waals surface area contributed by atoms with Gasteiger partial charge in [0.2, 0.25) is 0 Å². The maximum atomic E-state index is 9.43. The van der Waals surface area contributed by atoms with Crippen molar-refractivity contribution in [1.29, 1.82) is 0 Å². The molecule has 0 bridgehead atoms. The molecule has 1 atom stereocenters. The van der Waals surface area contributed by atoms with Gasteiger partial charge in [0, 0.05) is 6.04 Å². The van der Waals surface area contributed by atoms with Crippen molar-refractivity contribution < 1.29 is 5.11 Å². The van der Waals surface area contributed by atoms with Crippen molar-refractivity contribution in [1.82, 2.24) is 4.90 Å². The molecule has 80 valence electrons. The van der Waals surface area contributed by atoms with Crippen LogP contribution in [0, 0.1) is 0 Å². The first-order chi connectivity index (χ1) is 7.34. The largest absolute Gasteiger partial charge is 0.508 e. The number of aryl methyl sites for hydroxylation is 1. The highest BCUT2D eigenvalue weighted by molar-refractivity contribution is 5.40. The quantitative estimate of drug-likeness (QED) is 0.758. The third kappa shape index (κ3) is 1.53. The third-order valence-electron chi connectivity index (χ3n) is 3.75. The molecule has 1 heterocycles. The lowest BCUT2D eigenvalue weighted by Gasteiger charge is -2.24. The Kier molecular flexibility index (Phi) is 2.17. The zero-order valence-electron chi connectivity index (χ0n) is 8.95. The number of phenolic OH excluding ortho intramolecular Hbond substituents is 1. The second kappa shape index (κ2) is 3.53. The van der Waals surface area contributed by atoms with Gasteiger partial charge in [0.1, 0.15) is 5.75 Å². The summed E-state index contributed by atoms with van der Waals surface area (Å²) < 4.78 is 0. The second-order valence-electron chi connectivity index (χ2n) is 4.68. The van der Waals surface area contributed by atoms with Crippen LogP contribution in [0.3, 0.4) is 0 Å². The van der Waals surface area contributed by atoms with Gasteiger partial charge in [-0.05, 0) is 62.0 Å². The van der Waals surface area contributed by atoms with Crippen molar-refractivity contribution in [3.8, 4) is 5.75 Å². The summed E-state index contributed by atoms with van der Waals surface area (Å²) in [6.07, 6.45) is 5.07. The molecular formula is C13H17NO. The Bertz CT molecular complexity index is 369. The monoisotopic (exact) mass is 203 g/mol. The van der Waals surface area contributed by atoms with Crippen molar-refractivity contribution >= 4 is 0 Å². The van der Waals surface area contributed by atoms with Gasteiger partial charge in [-0.1, -0.05) is 6.07 Å². The lowest BCUT2D eigenvalue weighted by molar-refractivity contribution is 0.245. The van der Waals surface area contributed by atoms with Gasteiger partial charge in [0.15, 0.2) is 0 Å². The fraction of sp³-hybridized carbons (Fsp3) is 0.538. The summed E-state index contributed by atoms with van der Waals surface area (Å²) in [7, 11) is 0. The van der Waals surface area contributed by atoms with Gasteiger partial charge in [0.25, 0.3) is 0 Å². The summed E-state index contributed by atoms with van der Waals surface area (Å²) in [6, 6.07) is 6.50. The van der Waals surface area contributed by atoms with E-state index in [2.05, 4.69) is 11.0 Å². The van der Waals surface area contributed by atoms with Gasteiger partial charge in [-0.15, -0.1) is 0 Å². The van der Waals surface area contributed by atoms with Gasteiger partial charge >= 0.3 is 0 Å². The molecule has 0 radical (unpaired) electrons. The first-order valence-electron chi connectivity index (χ1n) is 5.90. The Hall–Kier alpha value is -1.02. The van der Waals surface area contributed by atoms with Crippen LogP contribution in [0.5, 0.6) is 5.75 Å². The van der Waals surface area contributed by atoms with E-state index in [-0.39, 0.29) is 0 Å². The maximum Gasteiger partial charge on any atom is 0.115 e. The molecule has 0 amide bonds. The molecule has 1 fully saturated rings. The van der Waals surface area contributed by atoms with Crippen LogP contribution in [-0.2, 0) is 6.42 Å². The number of phenols is 1. The molecule has 0 unspecified atom stereocenters. The molecule has 1 N–H and O–H groups in total. The minimum absolute atomic E-state index is 0.413. The molecule has 2 aliphatic rings. The van der Waals surface area contributed by atoms with Crippen molar-refractivity contribution in [2.45, 2.75) is 31.7 Å². The van der Waals surface area contributed by atoms with E-state index in [1.165, 1.54) is 43.5 Å². The summed E-state index contributed by atoms with van der Waals surface area (Å²) >= 11 is 0. The van der Waals surface area contributed by atoms with E-state index in [4.69, 9.17) is 0 Å². The number of likely N-dealkylation sites (tertiary alicyclic amines) is 1. The number of hydrogen-bond acceptors (Lipinski definition) is 2. The van der Waals surface area contributed by atoms with E-state index in [9.17, 15) is 5.11 Å². The van der Waals surface area contributed by atoms with E-state index in [0.29, 0.717) is 11.8 Å². The second-order valence-corrected chi connectivity index (χ2v) is 4.68. The fourth-order valence-corrected chi connectivity index (χ4v) is 3.01. The van der Waals surface area contributed by atoms with Crippen LogP contribution in [0.4, 0.5) is 0 Å². The normalized spacial score (nSPS) is 25.7. The van der Waals surface area contributed by atoms with Gasteiger partial charge in [0.05, 0.1) is 0 Å². The number of rotatable bonds is 1. The van der Waals surface area contributed by atoms with E-state index in [0.717, 1.165) is 6.42 Å². The summed E-state index contributed by atoms with van der Waals surface area (Å²) in [5.41, 5.74) is 2.81. The number of benzene rings is 1. The minimum atomic E-state index is 0.413. The molecular weight excluding hydrogens is 186 g/mol. The van der Waals surface area contributed by atoms with Crippen molar-refractivity contribution in [2.75, 3.05) is 13.1 Å². The van der Waals surface area contributed by atoms with Crippen molar-refractivity contribution in [2.24, 2.45) is 0 Å². The standard InChI is InChI=1S/C13H17NO/c15-11-4-5-12-10(9-11)3-6-13(12)14-7-1-2-8-14/h4-5,9,13,15H,1-3,6-8H2/t13-/m0/s1. The number of nitrogens with zero attached hydrogens (tertiary/aromatic N) is 1. The van der Waals surface area contributed by atoms with Gasteiger partial charge < -0.3 is 5.11 Å². The zero-order valence-corrected chi connectivity index (χ0v) is 8.95. The van der Waals surface area contributed by atoms with Crippen LogP contribution in [0.2, 0.25) is 0 Å². The Morgan fingerprint density at radius 3 is 2.80 bits per heavy atom. The Labute approximate surface area is 90.5 Å². The van der Waals surface area contributed by atoms with Crippen LogP contribution in [0.15, 0.2) is 18.2 Å². The van der Waals surface area contributed by atoms with E-state index < -0.39 is 0 Å². The smallest absolute Gasteiger partial charge is 0.115 e. The molecule has 1 aliphatic carbocycles. The highest BCUT2D eigenvalue weighted by atomic mass is 16.3. The summed E-state index contributed by atoms with van der Waals surface area (Å²) in [4.78, 5) is 2.60. The number of aromatic hydroxyl groups is 1.